The minimum Gasteiger partial charge on any atom is -0.833 e. The third-order valence-corrected chi connectivity index (χ3v) is 2.00. The minimum absolute atomic E-state index is 0. The Balaban J connectivity index is 0. The molecule has 0 N–H and O–H groups in total. The number of hydrogen-bond donors (Lipinski definition) is 0. The molecule has 2 heterocycles. The van der Waals surface area contributed by atoms with Crippen molar-refractivity contribution < 1.29 is 130 Å². The molecule has 0 saturated carbocycles. The van der Waals surface area contributed by atoms with Crippen molar-refractivity contribution in [1.29, 1.82) is 0 Å². The summed E-state index contributed by atoms with van der Waals surface area (Å²) in [6, 6.07) is 0. The molecule has 0 amide bonds. The summed E-state index contributed by atoms with van der Waals surface area (Å²) in [6.45, 7) is 0. The molecule has 2 aliphatic heterocycles. The number of hydrogen-bond acceptors (Lipinski definition) is 15. The van der Waals surface area contributed by atoms with E-state index in [1.165, 1.54) is 0 Å². The van der Waals surface area contributed by atoms with Crippen molar-refractivity contribution >= 4 is 58.6 Å². The van der Waals surface area contributed by atoms with Gasteiger partial charge in [-0.05, 0) is 0 Å². The molecule has 15 nitrogen and oxygen atoms in total. The van der Waals surface area contributed by atoms with E-state index in [9.17, 15) is 30.1 Å². The molecule has 0 atom stereocenters. The van der Waals surface area contributed by atoms with Gasteiger partial charge in [-0.1, -0.05) is 0 Å². The Morgan fingerprint density at radius 1 is 0.538 bits per heavy atom. The second-order valence-corrected chi connectivity index (χ2v) is 3.53. The predicted molar refractivity (Wildman–Crippen MR) is 55.8 cm³/mol. The van der Waals surface area contributed by atoms with Crippen LogP contribution in [0.3, 0.4) is 0 Å². The first-order valence-electron chi connectivity index (χ1n) is 5.66. The predicted octanol–water partition coefficient (Wildman–Crippen LogP) is -10.8. The summed E-state index contributed by atoms with van der Waals surface area (Å²) in [6.07, 6.45) is 0. The van der Waals surface area contributed by atoms with Crippen LogP contribution in [0, 0.1) is 0 Å². The van der Waals surface area contributed by atoms with Crippen LogP contribution in [-0.2, 0) is 99.6 Å². The Labute approximate surface area is 187 Å². The molecule has 0 radical (unpaired) electrons. The molecule has 120 valence electrons. The van der Waals surface area contributed by atoms with Gasteiger partial charge in [0.05, 0.1) is 0 Å². The third kappa shape index (κ3) is 11.1. The fraction of sp³-hybridized carbons (Fsp3) is 0. The summed E-state index contributed by atoms with van der Waals surface area (Å²) in [7, 11) is -17.3. The summed E-state index contributed by atoms with van der Waals surface area (Å²) in [5, 5.41) is 64.6. The Morgan fingerprint density at radius 3 is 1.08 bits per heavy atom. The smallest absolute Gasteiger partial charge is 0.833 e. The van der Waals surface area contributed by atoms with E-state index in [1.807, 2.05) is 0 Å². The van der Waals surface area contributed by atoms with E-state index >= 15 is 0 Å². The van der Waals surface area contributed by atoms with Crippen molar-refractivity contribution in [1.82, 2.24) is 0 Å². The van der Waals surface area contributed by atoms with Gasteiger partial charge in [-0.25, -0.2) is 0 Å². The molecule has 26 heteroatoms. The zero-order valence-electron chi connectivity index (χ0n) is 12.9. The summed E-state index contributed by atoms with van der Waals surface area (Å²) in [4.78, 5) is 0. The van der Waals surface area contributed by atoms with Crippen LogP contribution in [0.15, 0.2) is 0 Å². The molecule has 2 aliphatic rings. The van der Waals surface area contributed by atoms with Gasteiger partial charge in [0, 0.05) is 0 Å². The van der Waals surface area contributed by atoms with Crippen molar-refractivity contribution in [3.05, 3.63) is 0 Å². The molecule has 0 bridgehead atoms. The van der Waals surface area contributed by atoms with Crippen molar-refractivity contribution in [2.45, 2.75) is 0 Å². The quantitative estimate of drug-likeness (QED) is 0.243. The van der Waals surface area contributed by atoms with E-state index in [4.69, 9.17) is 0 Å². The molecular weight excluding hydrogens is 523 g/mol. The first-order valence-corrected chi connectivity index (χ1v) is 5.66. The summed E-state index contributed by atoms with van der Waals surface area (Å²) >= 11 is 0. The average molecular weight is 523 g/mol. The zero-order valence-corrected chi connectivity index (χ0v) is 21.8. The minimum atomic E-state index is -2.70. The van der Waals surface area contributed by atoms with Crippen molar-refractivity contribution in [3.63, 3.8) is 0 Å². The van der Waals surface area contributed by atoms with Crippen LogP contribution in [0.5, 0.6) is 0 Å². The largest absolute Gasteiger partial charge is 2.00 e. The van der Waals surface area contributed by atoms with Gasteiger partial charge in [0.15, 0.2) is 0 Å². The van der Waals surface area contributed by atoms with E-state index in [2.05, 4.69) is 41.1 Å². The van der Waals surface area contributed by atoms with Crippen molar-refractivity contribution in [2.24, 2.45) is 0 Å². The van der Waals surface area contributed by atoms with Crippen molar-refractivity contribution in [2.75, 3.05) is 0 Å². The molecular formula is B8O15Zn3. The summed E-state index contributed by atoms with van der Waals surface area (Å²) < 4.78 is 36.8. The Hall–Kier alpha value is 1.79. The maximum atomic E-state index is 11.0. The van der Waals surface area contributed by atoms with E-state index < -0.39 is 58.6 Å². The monoisotopic (exact) mass is 520 g/mol. The van der Waals surface area contributed by atoms with Gasteiger partial charge >= 0.3 is 117 Å². The SMILES string of the molecule is [O-]B(OB([O-])OB([O-])OB1OB([O-])O1)OB([O-])OB1OB([O-])O1.[Zn+2].[Zn+2].[Zn+2]. The summed E-state index contributed by atoms with van der Waals surface area (Å²) in [5.41, 5.74) is 0. The molecule has 26 heavy (non-hydrogen) atoms. The topological polar surface area (TPSA) is 221 Å². The molecule has 0 aromatic carbocycles. The average Bonchev–Trinajstić information content (AvgIpc) is 2.34. The van der Waals surface area contributed by atoms with E-state index in [0.717, 1.165) is 0 Å². The van der Waals surface area contributed by atoms with Gasteiger partial charge < -0.3 is 71.3 Å². The Kier molecular flexibility index (Phi) is 17.0. The molecule has 0 aromatic rings. The second kappa shape index (κ2) is 14.7. The van der Waals surface area contributed by atoms with Gasteiger partial charge in [-0.15, -0.1) is 0 Å². The zero-order chi connectivity index (χ0) is 17.0. The van der Waals surface area contributed by atoms with Gasteiger partial charge in [-0.2, -0.15) is 0 Å². The maximum absolute atomic E-state index is 11.0. The second-order valence-electron chi connectivity index (χ2n) is 3.53. The third-order valence-electron chi connectivity index (χ3n) is 2.00. The molecule has 0 spiro atoms. The summed E-state index contributed by atoms with van der Waals surface area (Å²) in [5.74, 6) is 0. The van der Waals surface area contributed by atoms with Crippen molar-refractivity contribution in [3.8, 4) is 0 Å². The first kappa shape index (κ1) is 30.0. The van der Waals surface area contributed by atoms with Gasteiger partial charge in [0.2, 0.25) is 0 Å². The Morgan fingerprint density at radius 2 is 0.808 bits per heavy atom. The first-order chi connectivity index (χ1) is 10.8. The van der Waals surface area contributed by atoms with Gasteiger partial charge in [0.1, 0.15) is 0 Å². The molecule has 2 fully saturated rings. The fourth-order valence-electron chi connectivity index (χ4n) is 1.09. The van der Waals surface area contributed by atoms with E-state index in [0.29, 0.717) is 0 Å². The fourth-order valence-corrected chi connectivity index (χ4v) is 1.09. The van der Waals surface area contributed by atoms with Crippen LogP contribution in [0.4, 0.5) is 0 Å². The van der Waals surface area contributed by atoms with E-state index in [1.54, 1.807) is 0 Å². The van der Waals surface area contributed by atoms with Crippen LogP contribution < -0.4 is 30.1 Å². The maximum Gasteiger partial charge on any atom is 2.00 e. The molecule has 0 aromatic heterocycles. The van der Waals surface area contributed by atoms with Crippen LogP contribution in [0.25, 0.3) is 0 Å². The van der Waals surface area contributed by atoms with Gasteiger partial charge in [0.25, 0.3) is 0 Å². The molecule has 2 rings (SSSR count). The Bertz CT molecular complexity index is 324. The normalized spacial score (nSPS) is 15.0. The van der Waals surface area contributed by atoms with Gasteiger partial charge in [-0.3, -0.25) is 0 Å². The standard InChI is InChI=1S/B8O15.3Zn/c9-1(16-3(11)18-7-20-5(13)21-7)15-2(10)17-4(12)19-8-22-6(14)23-8;;;/q-6;3*+2. The van der Waals surface area contributed by atoms with Crippen LogP contribution in [0.1, 0.15) is 0 Å². The molecule has 0 aliphatic carbocycles. The van der Waals surface area contributed by atoms with Crippen LogP contribution in [0.2, 0.25) is 0 Å². The molecule has 0 unspecified atom stereocenters. The number of rotatable bonds is 10. The van der Waals surface area contributed by atoms with Crippen LogP contribution in [-0.4, -0.2) is 58.6 Å². The van der Waals surface area contributed by atoms with E-state index in [-0.39, 0.29) is 58.4 Å². The molecule has 2 saturated heterocycles. The van der Waals surface area contributed by atoms with Crippen LogP contribution >= 0.6 is 0 Å².